The number of nitrogens with two attached hydrogens (primary N) is 1. The smallest absolute Gasteiger partial charge is 0.228 e. The van der Waals surface area contributed by atoms with Crippen LogP contribution >= 0.6 is 0 Å². The van der Waals surface area contributed by atoms with Gasteiger partial charge < -0.3 is 10.3 Å². The van der Waals surface area contributed by atoms with E-state index >= 15 is 0 Å². The summed E-state index contributed by atoms with van der Waals surface area (Å²) in [7, 11) is 0. The molecular weight excluding hydrogens is 238 g/mol. The first-order valence-corrected chi connectivity index (χ1v) is 6.83. The van der Waals surface area contributed by atoms with E-state index in [1.807, 2.05) is 0 Å². The van der Waals surface area contributed by atoms with Crippen LogP contribution in [0.25, 0.3) is 0 Å². The molecule has 2 aromatic rings. The van der Waals surface area contributed by atoms with E-state index in [0.29, 0.717) is 24.7 Å². The van der Waals surface area contributed by atoms with E-state index < -0.39 is 0 Å². The van der Waals surface area contributed by atoms with E-state index in [9.17, 15) is 0 Å². The van der Waals surface area contributed by atoms with Gasteiger partial charge in [-0.3, -0.25) is 0 Å². The molecule has 1 aromatic carbocycles. The highest BCUT2D eigenvalue weighted by atomic mass is 16.5. The Morgan fingerprint density at radius 3 is 3.00 bits per heavy atom. The second-order valence-corrected chi connectivity index (χ2v) is 5.48. The third kappa shape index (κ3) is 3.20. The van der Waals surface area contributed by atoms with Gasteiger partial charge in [-0.15, -0.1) is 0 Å². The van der Waals surface area contributed by atoms with Crippen molar-refractivity contribution in [1.29, 1.82) is 0 Å². The van der Waals surface area contributed by atoms with Gasteiger partial charge in [-0.05, 0) is 31.2 Å². The van der Waals surface area contributed by atoms with Gasteiger partial charge in [0.1, 0.15) is 0 Å². The number of rotatable bonds is 5. The van der Waals surface area contributed by atoms with Gasteiger partial charge in [0.2, 0.25) is 5.89 Å². The average Bonchev–Trinajstić information content (AvgIpc) is 3.13. The highest BCUT2D eigenvalue weighted by Gasteiger charge is 2.29. The van der Waals surface area contributed by atoms with Crippen molar-refractivity contribution in [2.45, 2.75) is 38.6 Å². The van der Waals surface area contributed by atoms with Gasteiger partial charge in [0.05, 0.1) is 0 Å². The number of aryl methyl sites for hydroxylation is 1. The molecule has 1 saturated carbocycles. The van der Waals surface area contributed by atoms with Gasteiger partial charge in [0.15, 0.2) is 5.82 Å². The van der Waals surface area contributed by atoms with Crippen LogP contribution in [-0.2, 0) is 12.8 Å². The Hall–Kier alpha value is -1.68. The Balaban J connectivity index is 1.64. The van der Waals surface area contributed by atoms with Gasteiger partial charge in [-0.2, -0.15) is 4.98 Å². The molecule has 1 fully saturated rings. The zero-order valence-electron chi connectivity index (χ0n) is 11.2. The fourth-order valence-corrected chi connectivity index (χ4v) is 2.34. The molecule has 1 aromatic heterocycles. The van der Waals surface area contributed by atoms with Crippen molar-refractivity contribution >= 4 is 0 Å². The van der Waals surface area contributed by atoms with Gasteiger partial charge in [0, 0.05) is 18.9 Å². The summed E-state index contributed by atoms with van der Waals surface area (Å²) >= 11 is 0. The molecule has 0 spiro atoms. The van der Waals surface area contributed by atoms with Crippen molar-refractivity contribution < 1.29 is 4.52 Å². The minimum atomic E-state index is 0.173. The molecule has 4 heteroatoms. The molecule has 3 rings (SSSR count). The average molecular weight is 257 g/mol. The van der Waals surface area contributed by atoms with E-state index in [1.54, 1.807) is 0 Å². The Morgan fingerprint density at radius 2 is 2.26 bits per heavy atom. The lowest BCUT2D eigenvalue weighted by Crippen LogP contribution is -2.25. The van der Waals surface area contributed by atoms with Crippen molar-refractivity contribution in [1.82, 2.24) is 10.1 Å². The lowest BCUT2D eigenvalue weighted by molar-refractivity contribution is 0.359. The molecule has 0 saturated heterocycles. The first-order valence-electron chi connectivity index (χ1n) is 6.83. The minimum absolute atomic E-state index is 0.173. The highest BCUT2D eigenvalue weighted by Crippen LogP contribution is 2.32. The second kappa shape index (κ2) is 5.13. The Bertz CT molecular complexity index is 560. The Labute approximate surface area is 113 Å². The standard InChI is InChI=1S/C15H19N3O/c1-10-3-2-4-11(7-10)8-14-17-15(19-18-14)9-13(16)12-5-6-12/h2-4,7,12-13H,5-6,8-9,16H2,1H3. The number of aromatic nitrogens is 2. The Morgan fingerprint density at radius 1 is 1.42 bits per heavy atom. The zero-order chi connectivity index (χ0) is 13.2. The van der Waals surface area contributed by atoms with Crippen molar-refractivity contribution in [3.8, 4) is 0 Å². The number of hydrogen-bond donors (Lipinski definition) is 1. The third-order valence-corrected chi connectivity index (χ3v) is 3.59. The predicted octanol–water partition coefficient (Wildman–Crippen LogP) is 2.25. The topological polar surface area (TPSA) is 64.9 Å². The number of benzene rings is 1. The molecule has 1 heterocycles. The first kappa shape index (κ1) is 12.4. The summed E-state index contributed by atoms with van der Waals surface area (Å²) < 4.78 is 5.27. The molecule has 1 unspecified atom stereocenters. The molecule has 1 atom stereocenters. The van der Waals surface area contributed by atoms with Crippen molar-refractivity contribution in [2.24, 2.45) is 11.7 Å². The molecule has 0 bridgehead atoms. The van der Waals surface area contributed by atoms with E-state index in [4.69, 9.17) is 10.3 Å². The molecule has 0 aliphatic heterocycles. The van der Waals surface area contributed by atoms with Crippen molar-refractivity contribution in [2.75, 3.05) is 0 Å². The van der Waals surface area contributed by atoms with E-state index in [-0.39, 0.29) is 6.04 Å². The van der Waals surface area contributed by atoms with Crippen LogP contribution in [0.5, 0.6) is 0 Å². The summed E-state index contributed by atoms with van der Waals surface area (Å²) in [5.41, 5.74) is 8.52. The summed E-state index contributed by atoms with van der Waals surface area (Å²) in [4.78, 5) is 4.43. The fourth-order valence-electron chi connectivity index (χ4n) is 2.34. The van der Waals surface area contributed by atoms with Crippen LogP contribution in [-0.4, -0.2) is 16.2 Å². The first-order chi connectivity index (χ1) is 9.20. The lowest BCUT2D eigenvalue weighted by atomic mass is 10.1. The van der Waals surface area contributed by atoms with Gasteiger partial charge in [0.25, 0.3) is 0 Å². The van der Waals surface area contributed by atoms with Crippen molar-refractivity contribution in [3.05, 3.63) is 47.1 Å². The monoisotopic (exact) mass is 257 g/mol. The summed E-state index contributed by atoms with van der Waals surface area (Å²) in [5, 5.41) is 4.03. The number of nitrogens with zero attached hydrogens (tertiary/aromatic N) is 2. The second-order valence-electron chi connectivity index (χ2n) is 5.48. The molecule has 2 N–H and O–H groups in total. The largest absolute Gasteiger partial charge is 0.339 e. The van der Waals surface area contributed by atoms with E-state index in [2.05, 4.69) is 41.3 Å². The van der Waals surface area contributed by atoms with Crippen LogP contribution in [0.3, 0.4) is 0 Å². The molecule has 4 nitrogen and oxygen atoms in total. The number of hydrogen-bond acceptors (Lipinski definition) is 4. The fraction of sp³-hybridized carbons (Fsp3) is 0.467. The summed E-state index contributed by atoms with van der Waals surface area (Å²) in [5.74, 6) is 2.07. The van der Waals surface area contributed by atoms with Crippen LogP contribution in [0.1, 0.15) is 35.7 Å². The van der Waals surface area contributed by atoms with Gasteiger partial charge in [-0.25, -0.2) is 0 Å². The van der Waals surface area contributed by atoms with Crippen LogP contribution < -0.4 is 5.73 Å². The van der Waals surface area contributed by atoms with Crippen molar-refractivity contribution in [3.63, 3.8) is 0 Å². The third-order valence-electron chi connectivity index (χ3n) is 3.59. The van der Waals surface area contributed by atoms with Gasteiger partial charge in [-0.1, -0.05) is 35.0 Å². The maximum atomic E-state index is 6.06. The SMILES string of the molecule is Cc1cccc(Cc2noc(CC(N)C3CC3)n2)c1. The molecule has 19 heavy (non-hydrogen) atoms. The molecule has 1 aliphatic carbocycles. The quantitative estimate of drug-likeness (QED) is 0.892. The molecule has 1 aliphatic rings. The van der Waals surface area contributed by atoms with Crippen LogP contribution in [0.2, 0.25) is 0 Å². The molecule has 0 radical (unpaired) electrons. The van der Waals surface area contributed by atoms with Crippen LogP contribution in [0.15, 0.2) is 28.8 Å². The van der Waals surface area contributed by atoms with Crippen LogP contribution in [0.4, 0.5) is 0 Å². The van der Waals surface area contributed by atoms with Crippen LogP contribution in [0, 0.1) is 12.8 Å². The van der Waals surface area contributed by atoms with E-state index in [1.165, 1.54) is 24.0 Å². The van der Waals surface area contributed by atoms with Gasteiger partial charge >= 0.3 is 0 Å². The minimum Gasteiger partial charge on any atom is -0.339 e. The summed E-state index contributed by atoms with van der Waals surface area (Å²) in [6, 6.07) is 8.53. The molecule has 0 amide bonds. The normalized spacial score (nSPS) is 16.5. The maximum Gasteiger partial charge on any atom is 0.228 e. The molecule has 100 valence electrons. The lowest BCUT2D eigenvalue weighted by Gasteiger charge is -2.04. The molecular formula is C15H19N3O. The maximum absolute atomic E-state index is 6.06. The predicted molar refractivity (Wildman–Crippen MR) is 72.7 cm³/mol. The summed E-state index contributed by atoms with van der Waals surface area (Å²) in [6.07, 6.45) is 3.90. The highest BCUT2D eigenvalue weighted by molar-refractivity contribution is 5.24. The summed E-state index contributed by atoms with van der Waals surface area (Å²) in [6.45, 7) is 2.08. The zero-order valence-corrected chi connectivity index (χ0v) is 11.2. The Kier molecular flexibility index (Phi) is 3.34. The van der Waals surface area contributed by atoms with E-state index in [0.717, 1.165) is 5.82 Å².